The molecule has 2 aromatic carbocycles. The topological polar surface area (TPSA) is 33.7 Å². The van der Waals surface area contributed by atoms with Gasteiger partial charge < -0.3 is 14.8 Å². The standard InChI is InChI=1S/C21H26Cl2N2O2/c22-20-3-1-4-21(23)19(20)16-27-18-7-5-17(6-8-18)15-24-9-2-10-25-11-13-26-14-12-25/h1,3-8,24H,2,9-16H2. The Bertz CT molecular complexity index is 684. The number of morpholine rings is 1. The largest absolute Gasteiger partial charge is 0.489 e. The summed E-state index contributed by atoms with van der Waals surface area (Å²) in [4.78, 5) is 2.46. The summed E-state index contributed by atoms with van der Waals surface area (Å²) in [7, 11) is 0. The first-order chi connectivity index (χ1) is 13.2. The van der Waals surface area contributed by atoms with Crippen LogP contribution in [-0.2, 0) is 17.9 Å². The Hall–Kier alpha value is -1.30. The second-order valence-electron chi connectivity index (χ2n) is 6.62. The van der Waals surface area contributed by atoms with Gasteiger partial charge in [0.05, 0.1) is 13.2 Å². The highest BCUT2D eigenvalue weighted by molar-refractivity contribution is 6.35. The van der Waals surface area contributed by atoms with Gasteiger partial charge in [-0.1, -0.05) is 41.4 Å². The summed E-state index contributed by atoms with van der Waals surface area (Å²) in [6, 6.07) is 13.6. The van der Waals surface area contributed by atoms with E-state index in [-0.39, 0.29) is 0 Å². The zero-order valence-electron chi connectivity index (χ0n) is 15.4. The normalized spacial score (nSPS) is 15.0. The fraction of sp³-hybridized carbons (Fsp3) is 0.429. The van der Waals surface area contributed by atoms with Crippen molar-refractivity contribution in [3.63, 3.8) is 0 Å². The maximum atomic E-state index is 6.17. The number of nitrogens with zero attached hydrogens (tertiary/aromatic N) is 1. The van der Waals surface area contributed by atoms with Gasteiger partial charge in [-0.3, -0.25) is 4.90 Å². The Morgan fingerprint density at radius 2 is 1.70 bits per heavy atom. The zero-order chi connectivity index (χ0) is 18.9. The smallest absolute Gasteiger partial charge is 0.119 e. The minimum atomic E-state index is 0.359. The molecule has 0 amide bonds. The fourth-order valence-electron chi connectivity index (χ4n) is 3.01. The molecule has 4 nitrogen and oxygen atoms in total. The number of ether oxygens (including phenoxy) is 2. The monoisotopic (exact) mass is 408 g/mol. The van der Waals surface area contributed by atoms with Crippen LogP contribution in [0.5, 0.6) is 5.75 Å². The molecule has 1 N–H and O–H groups in total. The van der Waals surface area contributed by atoms with Gasteiger partial charge >= 0.3 is 0 Å². The molecule has 1 fully saturated rings. The lowest BCUT2D eigenvalue weighted by Crippen LogP contribution is -2.37. The molecule has 2 aromatic rings. The Morgan fingerprint density at radius 1 is 1.00 bits per heavy atom. The molecule has 1 aliphatic rings. The van der Waals surface area contributed by atoms with Crippen LogP contribution in [0.25, 0.3) is 0 Å². The second-order valence-corrected chi connectivity index (χ2v) is 7.43. The second kappa shape index (κ2) is 10.9. The Morgan fingerprint density at radius 3 is 2.41 bits per heavy atom. The highest BCUT2D eigenvalue weighted by Crippen LogP contribution is 2.25. The Balaban J connectivity index is 1.36. The molecule has 0 spiro atoms. The van der Waals surface area contributed by atoms with Crippen LogP contribution in [0.1, 0.15) is 17.5 Å². The molecule has 0 bridgehead atoms. The molecule has 146 valence electrons. The van der Waals surface area contributed by atoms with Crippen molar-refractivity contribution < 1.29 is 9.47 Å². The first-order valence-electron chi connectivity index (χ1n) is 9.38. The van der Waals surface area contributed by atoms with Gasteiger partial charge in [0, 0.05) is 35.2 Å². The van der Waals surface area contributed by atoms with Crippen LogP contribution in [0, 0.1) is 0 Å². The molecular weight excluding hydrogens is 383 g/mol. The lowest BCUT2D eigenvalue weighted by Gasteiger charge is -2.26. The number of hydrogen-bond acceptors (Lipinski definition) is 4. The van der Waals surface area contributed by atoms with E-state index >= 15 is 0 Å². The third kappa shape index (κ3) is 6.66. The Labute approximate surface area is 171 Å². The summed E-state index contributed by atoms with van der Waals surface area (Å²) < 4.78 is 11.2. The summed E-state index contributed by atoms with van der Waals surface area (Å²) in [5, 5.41) is 4.75. The van der Waals surface area contributed by atoms with Gasteiger partial charge in [0.15, 0.2) is 0 Å². The third-order valence-electron chi connectivity index (χ3n) is 4.63. The van der Waals surface area contributed by atoms with Crippen LogP contribution >= 0.6 is 23.2 Å². The quantitative estimate of drug-likeness (QED) is 0.623. The third-order valence-corrected chi connectivity index (χ3v) is 5.34. The number of halogens is 2. The van der Waals surface area contributed by atoms with Gasteiger partial charge in [-0.25, -0.2) is 0 Å². The molecule has 0 aliphatic carbocycles. The van der Waals surface area contributed by atoms with Crippen molar-refractivity contribution in [1.29, 1.82) is 0 Å². The van der Waals surface area contributed by atoms with Crippen LogP contribution in [-0.4, -0.2) is 44.3 Å². The van der Waals surface area contributed by atoms with Crippen LogP contribution in [0.3, 0.4) is 0 Å². The molecule has 0 atom stereocenters. The average Bonchev–Trinajstić information content (AvgIpc) is 2.69. The van der Waals surface area contributed by atoms with Crippen molar-refractivity contribution in [1.82, 2.24) is 10.2 Å². The Kier molecular flexibility index (Phi) is 8.24. The molecule has 0 radical (unpaired) electrons. The van der Waals surface area contributed by atoms with Crippen molar-refractivity contribution in [2.24, 2.45) is 0 Å². The van der Waals surface area contributed by atoms with Gasteiger partial charge in [-0.15, -0.1) is 0 Å². The molecule has 6 heteroatoms. The molecule has 1 saturated heterocycles. The van der Waals surface area contributed by atoms with E-state index in [1.165, 1.54) is 5.56 Å². The predicted molar refractivity (Wildman–Crippen MR) is 111 cm³/mol. The molecule has 0 saturated carbocycles. The maximum Gasteiger partial charge on any atom is 0.119 e. The zero-order valence-corrected chi connectivity index (χ0v) is 16.9. The summed E-state index contributed by atoms with van der Waals surface area (Å²) in [5.74, 6) is 0.807. The molecule has 0 unspecified atom stereocenters. The SMILES string of the molecule is Clc1cccc(Cl)c1COc1ccc(CNCCCN2CCOCC2)cc1. The molecule has 27 heavy (non-hydrogen) atoms. The summed E-state index contributed by atoms with van der Waals surface area (Å²) in [6.45, 7) is 7.21. The van der Waals surface area contributed by atoms with Crippen LogP contribution in [0.15, 0.2) is 42.5 Å². The molecule has 1 aliphatic heterocycles. The minimum absolute atomic E-state index is 0.359. The number of benzene rings is 2. The highest BCUT2D eigenvalue weighted by atomic mass is 35.5. The van der Waals surface area contributed by atoms with Gasteiger partial charge in [0.25, 0.3) is 0 Å². The van der Waals surface area contributed by atoms with Gasteiger partial charge in [0.2, 0.25) is 0 Å². The summed E-state index contributed by atoms with van der Waals surface area (Å²) >= 11 is 12.3. The lowest BCUT2D eigenvalue weighted by molar-refractivity contribution is 0.0374. The molecule has 0 aromatic heterocycles. The summed E-state index contributed by atoms with van der Waals surface area (Å²) in [5.41, 5.74) is 2.05. The van der Waals surface area contributed by atoms with Crippen molar-refractivity contribution in [2.45, 2.75) is 19.6 Å². The maximum absolute atomic E-state index is 6.17. The highest BCUT2D eigenvalue weighted by Gasteiger charge is 2.09. The van der Waals surface area contributed by atoms with E-state index in [2.05, 4.69) is 22.3 Å². The average molecular weight is 409 g/mol. The van der Waals surface area contributed by atoms with Gasteiger partial charge in [-0.05, 0) is 49.3 Å². The van der Waals surface area contributed by atoms with Crippen molar-refractivity contribution in [2.75, 3.05) is 39.4 Å². The number of nitrogens with one attached hydrogen (secondary N) is 1. The first-order valence-corrected chi connectivity index (χ1v) is 10.1. The van der Waals surface area contributed by atoms with E-state index in [4.69, 9.17) is 32.7 Å². The van der Waals surface area contributed by atoms with E-state index in [1.807, 2.05) is 30.3 Å². The van der Waals surface area contributed by atoms with Crippen LogP contribution < -0.4 is 10.1 Å². The van der Waals surface area contributed by atoms with Crippen molar-refractivity contribution >= 4 is 23.2 Å². The summed E-state index contributed by atoms with van der Waals surface area (Å²) in [6.07, 6.45) is 1.15. The molecule has 3 rings (SSSR count). The van der Waals surface area contributed by atoms with E-state index in [9.17, 15) is 0 Å². The van der Waals surface area contributed by atoms with Crippen LogP contribution in [0.2, 0.25) is 10.0 Å². The fourth-order valence-corrected chi connectivity index (χ4v) is 3.52. The number of hydrogen-bond donors (Lipinski definition) is 1. The lowest BCUT2D eigenvalue weighted by atomic mass is 10.2. The van der Waals surface area contributed by atoms with E-state index in [1.54, 1.807) is 0 Å². The van der Waals surface area contributed by atoms with Crippen molar-refractivity contribution in [3.8, 4) is 5.75 Å². The number of rotatable bonds is 9. The van der Waals surface area contributed by atoms with Gasteiger partial charge in [0.1, 0.15) is 12.4 Å². The van der Waals surface area contributed by atoms with Gasteiger partial charge in [-0.2, -0.15) is 0 Å². The van der Waals surface area contributed by atoms with Crippen LogP contribution in [0.4, 0.5) is 0 Å². The van der Waals surface area contributed by atoms with E-state index in [0.29, 0.717) is 16.7 Å². The molecular formula is C21H26Cl2N2O2. The predicted octanol–water partition coefficient (Wildman–Crippen LogP) is 4.38. The van der Waals surface area contributed by atoms with E-state index in [0.717, 1.165) is 63.7 Å². The van der Waals surface area contributed by atoms with E-state index < -0.39 is 0 Å². The first kappa shape index (κ1) is 20.4. The minimum Gasteiger partial charge on any atom is -0.489 e. The van der Waals surface area contributed by atoms with Crippen molar-refractivity contribution in [3.05, 3.63) is 63.6 Å². The molecule has 1 heterocycles.